The van der Waals surface area contributed by atoms with Crippen molar-refractivity contribution in [3.05, 3.63) is 94.8 Å². The van der Waals surface area contributed by atoms with Crippen LogP contribution in [-0.4, -0.2) is 17.6 Å². The maximum Gasteiger partial charge on any atom is 0.269 e. The summed E-state index contributed by atoms with van der Waals surface area (Å²) in [6.07, 6.45) is -0.00145. The maximum atomic E-state index is 12.9. The van der Waals surface area contributed by atoms with Crippen molar-refractivity contribution in [3.63, 3.8) is 0 Å². The Morgan fingerprint density at radius 2 is 1.46 bits per heavy atom. The second-order valence-electron chi connectivity index (χ2n) is 6.44. The van der Waals surface area contributed by atoms with Gasteiger partial charge in [0, 0.05) is 16.7 Å². The second-order valence-corrected chi connectivity index (χ2v) is 6.44. The SMILES string of the molecule is O=C(Cc1ccc(F)cc1)NNC(=O)c1ccc2c(c1)C(=O)c1ccccc1-2. The van der Waals surface area contributed by atoms with Crippen molar-refractivity contribution in [3.8, 4) is 11.1 Å². The third-order valence-electron chi connectivity index (χ3n) is 4.58. The predicted molar refractivity (Wildman–Crippen MR) is 101 cm³/mol. The Morgan fingerprint density at radius 1 is 0.786 bits per heavy atom. The van der Waals surface area contributed by atoms with E-state index in [0.717, 1.165) is 11.1 Å². The second kappa shape index (κ2) is 7.08. The van der Waals surface area contributed by atoms with Gasteiger partial charge in [-0.15, -0.1) is 0 Å². The van der Waals surface area contributed by atoms with Crippen molar-refractivity contribution in [2.75, 3.05) is 0 Å². The summed E-state index contributed by atoms with van der Waals surface area (Å²) in [5.74, 6) is -1.48. The van der Waals surface area contributed by atoms with Crippen LogP contribution in [0.5, 0.6) is 0 Å². The van der Waals surface area contributed by atoms with Gasteiger partial charge in [-0.3, -0.25) is 25.2 Å². The van der Waals surface area contributed by atoms with Crippen LogP contribution in [0.2, 0.25) is 0 Å². The summed E-state index contributed by atoms with van der Waals surface area (Å²) in [6, 6.07) is 17.7. The number of carbonyl (C=O) groups excluding carboxylic acids is 3. The number of nitrogens with one attached hydrogen (secondary N) is 2. The third-order valence-corrected chi connectivity index (χ3v) is 4.58. The first-order valence-corrected chi connectivity index (χ1v) is 8.65. The highest BCUT2D eigenvalue weighted by atomic mass is 19.1. The summed E-state index contributed by atoms with van der Waals surface area (Å²) >= 11 is 0. The lowest BCUT2D eigenvalue weighted by atomic mass is 10.0. The van der Waals surface area contributed by atoms with Crippen molar-refractivity contribution in [1.82, 2.24) is 10.9 Å². The highest BCUT2D eigenvalue weighted by Crippen LogP contribution is 2.36. The molecule has 0 bridgehead atoms. The minimum absolute atomic E-state index is 0.00145. The van der Waals surface area contributed by atoms with Crippen LogP contribution in [0.15, 0.2) is 66.7 Å². The molecule has 3 aromatic carbocycles. The average Bonchev–Trinajstić information content (AvgIpc) is 3.00. The molecule has 4 rings (SSSR count). The van der Waals surface area contributed by atoms with E-state index < -0.39 is 11.8 Å². The van der Waals surface area contributed by atoms with Crippen molar-refractivity contribution < 1.29 is 18.8 Å². The normalized spacial score (nSPS) is 11.5. The van der Waals surface area contributed by atoms with Crippen LogP contribution in [0.3, 0.4) is 0 Å². The van der Waals surface area contributed by atoms with Crippen LogP contribution in [-0.2, 0) is 11.2 Å². The van der Waals surface area contributed by atoms with Gasteiger partial charge in [0.1, 0.15) is 5.82 Å². The molecule has 5 nitrogen and oxygen atoms in total. The van der Waals surface area contributed by atoms with E-state index in [0.29, 0.717) is 16.7 Å². The molecule has 0 atom stereocenters. The molecule has 3 aromatic rings. The molecule has 0 saturated heterocycles. The van der Waals surface area contributed by atoms with Crippen LogP contribution in [0, 0.1) is 5.82 Å². The topological polar surface area (TPSA) is 75.3 Å². The molecule has 2 amide bonds. The molecule has 0 unspecified atom stereocenters. The van der Waals surface area contributed by atoms with Crippen LogP contribution in [0.4, 0.5) is 4.39 Å². The summed E-state index contributed by atoms with van der Waals surface area (Å²) in [4.78, 5) is 36.8. The summed E-state index contributed by atoms with van der Waals surface area (Å²) in [5.41, 5.74) is 8.26. The van der Waals surface area contributed by atoms with Crippen molar-refractivity contribution >= 4 is 17.6 Å². The zero-order valence-electron chi connectivity index (χ0n) is 14.7. The first kappa shape index (κ1) is 17.6. The number of hydrazine groups is 1. The number of amides is 2. The number of hydrogen-bond donors (Lipinski definition) is 2. The Bertz CT molecular complexity index is 1110. The average molecular weight is 374 g/mol. The summed E-state index contributed by atoms with van der Waals surface area (Å²) in [5, 5.41) is 0. The zero-order valence-corrected chi connectivity index (χ0v) is 14.7. The molecule has 2 N–H and O–H groups in total. The lowest BCUT2D eigenvalue weighted by Gasteiger charge is -2.08. The first-order chi connectivity index (χ1) is 13.5. The maximum absolute atomic E-state index is 12.9. The number of ketones is 1. The third kappa shape index (κ3) is 3.27. The number of rotatable bonds is 3. The van der Waals surface area contributed by atoms with Gasteiger partial charge in [-0.25, -0.2) is 4.39 Å². The summed E-state index contributed by atoms with van der Waals surface area (Å²) in [6.45, 7) is 0. The first-order valence-electron chi connectivity index (χ1n) is 8.65. The fraction of sp³-hybridized carbons (Fsp3) is 0.0455. The molecule has 28 heavy (non-hydrogen) atoms. The van der Waals surface area contributed by atoms with Crippen molar-refractivity contribution in [1.29, 1.82) is 0 Å². The van der Waals surface area contributed by atoms with Crippen LogP contribution < -0.4 is 10.9 Å². The zero-order chi connectivity index (χ0) is 19.7. The molecule has 1 aliphatic rings. The molecule has 0 aromatic heterocycles. The quantitative estimate of drug-likeness (QED) is 0.541. The van der Waals surface area contributed by atoms with E-state index in [4.69, 9.17) is 0 Å². The Balaban J connectivity index is 1.43. The van der Waals surface area contributed by atoms with Crippen LogP contribution >= 0.6 is 0 Å². The van der Waals surface area contributed by atoms with Gasteiger partial charge in [-0.2, -0.15) is 0 Å². The molecule has 0 radical (unpaired) electrons. The minimum Gasteiger partial charge on any atom is -0.289 e. The number of halogens is 1. The van der Waals surface area contributed by atoms with Gasteiger partial charge in [0.15, 0.2) is 5.78 Å². The lowest BCUT2D eigenvalue weighted by Crippen LogP contribution is -2.42. The van der Waals surface area contributed by atoms with E-state index in [9.17, 15) is 18.8 Å². The summed E-state index contributed by atoms with van der Waals surface area (Å²) < 4.78 is 12.9. The van der Waals surface area contributed by atoms with Gasteiger partial charge in [0.2, 0.25) is 5.91 Å². The molecule has 0 aliphatic heterocycles. The van der Waals surface area contributed by atoms with E-state index in [1.807, 2.05) is 12.1 Å². The minimum atomic E-state index is -0.529. The van der Waals surface area contributed by atoms with E-state index in [-0.39, 0.29) is 23.6 Å². The Morgan fingerprint density at radius 3 is 2.21 bits per heavy atom. The molecule has 0 saturated carbocycles. The molecule has 0 fully saturated rings. The van der Waals surface area contributed by atoms with Crippen molar-refractivity contribution in [2.45, 2.75) is 6.42 Å². The molecule has 0 heterocycles. The van der Waals surface area contributed by atoms with Gasteiger partial charge >= 0.3 is 0 Å². The largest absolute Gasteiger partial charge is 0.289 e. The Hall–Kier alpha value is -3.80. The van der Waals surface area contributed by atoms with Gasteiger partial charge in [0.05, 0.1) is 6.42 Å². The number of carbonyl (C=O) groups is 3. The van der Waals surface area contributed by atoms with E-state index in [1.54, 1.807) is 24.3 Å². The fourth-order valence-corrected chi connectivity index (χ4v) is 3.20. The molecule has 0 spiro atoms. The lowest BCUT2D eigenvalue weighted by molar-refractivity contribution is -0.121. The molecule has 1 aliphatic carbocycles. The Labute approximate surface area is 160 Å². The smallest absolute Gasteiger partial charge is 0.269 e. The van der Waals surface area contributed by atoms with Gasteiger partial charge in [-0.05, 0) is 41.0 Å². The monoisotopic (exact) mass is 374 g/mol. The van der Waals surface area contributed by atoms with Gasteiger partial charge in [-0.1, -0.05) is 42.5 Å². The van der Waals surface area contributed by atoms with Crippen LogP contribution in [0.1, 0.15) is 31.8 Å². The van der Waals surface area contributed by atoms with Gasteiger partial charge in [0.25, 0.3) is 5.91 Å². The molecular formula is C22H15FN2O3. The Kier molecular flexibility index (Phi) is 4.45. The predicted octanol–water partition coefficient (Wildman–Crippen LogP) is 3.04. The molecule has 6 heteroatoms. The number of benzene rings is 3. The van der Waals surface area contributed by atoms with Crippen molar-refractivity contribution in [2.24, 2.45) is 0 Å². The van der Waals surface area contributed by atoms with E-state index in [2.05, 4.69) is 10.9 Å². The highest BCUT2D eigenvalue weighted by molar-refractivity contribution is 6.22. The highest BCUT2D eigenvalue weighted by Gasteiger charge is 2.27. The van der Waals surface area contributed by atoms with E-state index >= 15 is 0 Å². The molecular weight excluding hydrogens is 359 g/mol. The van der Waals surface area contributed by atoms with Crippen LogP contribution in [0.25, 0.3) is 11.1 Å². The summed E-state index contributed by atoms with van der Waals surface area (Å²) in [7, 11) is 0. The number of fused-ring (bicyclic) bond motifs is 3. The number of hydrogen-bond acceptors (Lipinski definition) is 3. The van der Waals surface area contributed by atoms with Gasteiger partial charge < -0.3 is 0 Å². The van der Waals surface area contributed by atoms with E-state index in [1.165, 1.54) is 30.3 Å². The standard InChI is InChI=1S/C22H15FN2O3/c23-15-8-5-13(6-9-15)11-20(26)24-25-22(28)14-7-10-17-16-3-1-2-4-18(16)21(27)19(17)12-14/h1-10,12H,11H2,(H,24,26)(H,25,28). The molecule has 138 valence electrons. The fourth-order valence-electron chi connectivity index (χ4n) is 3.20.